The van der Waals surface area contributed by atoms with Crippen molar-refractivity contribution in [2.45, 2.75) is 246 Å². The van der Waals surface area contributed by atoms with Crippen molar-refractivity contribution in [1.29, 1.82) is 0 Å². The molecule has 26 atom stereocenters. The maximum atomic E-state index is 16.0. The number of methoxy groups -OCH3 is 3. The summed E-state index contributed by atoms with van der Waals surface area (Å²) in [5.74, 6) is -11.5. The first-order chi connectivity index (χ1) is 51.5. The van der Waals surface area contributed by atoms with Crippen LogP contribution in [0.25, 0.3) is 0 Å². The van der Waals surface area contributed by atoms with E-state index in [9.17, 15) is 15.0 Å². The molecule has 9 fully saturated rings. The number of aliphatic hydroxyl groups is 2. The van der Waals surface area contributed by atoms with Crippen LogP contribution in [0.4, 0.5) is 39.5 Å². The summed E-state index contributed by atoms with van der Waals surface area (Å²) in [5.41, 5.74) is -16.7. The van der Waals surface area contributed by atoms with E-state index in [1.165, 1.54) is 60.7 Å². The minimum atomic E-state index is -5.37. The van der Waals surface area contributed by atoms with Gasteiger partial charge >= 0.3 is 36.4 Å². The molecule has 4 aliphatic heterocycles. The van der Waals surface area contributed by atoms with Crippen LogP contribution in [0.5, 0.6) is 0 Å². The van der Waals surface area contributed by atoms with Crippen LogP contribution >= 0.6 is 0 Å². The number of nitrogens with zero attached hydrogens (tertiary/aromatic N) is 2. The third-order valence-electron chi connectivity index (χ3n) is 31.0. The van der Waals surface area contributed by atoms with Gasteiger partial charge in [-0.3, -0.25) is 9.97 Å². The van der Waals surface area contributed by atoms with E-state index in [1.807, 2.05) is 13.8 Å². The van der Waals surface area contributed by atoms with Crippen molar-refractivity contribution in [1.82, 2.24) is 9.97 Å². The van der Waals surface area contributed by atoms with Gasteiger partial charge in [0.15, 0.2) is 11.6 Å². The second-order valence-electron chi connectivity index (χ2n) is 36.2. The standard InChI is InChI=1S/C84H99F9N2O15/c1-44-66-61(107-76(44)32-30-70(3,4)109-76)37-53-51-29-28-49-34-56-58(41-72(49,6)52(51)39-63(74(53,66)8)106-69(99)81(103-12,84(91,92)93)48-26-20-15-21-27-48)95-57-35-50-36-60(105-68(98)80(102-11,83(88,89)90)47-24-18-14-19-25-47)65-54(73(50,7)42-59(57)94-56)38-62(96)75(9)55(65)40-64-78(75,100)45(2)77(108-64)33-31-71(5,110-77)43-104-67(97)79(101-10,82(85,86)87)46-22-16-13-17-23-46/h13-27,40,44-45,49-54,60-66,96,100H,28-39,41-43H2,1-12H3/t44-,45+,49-,50+,51+,52-,53+,54-,60-,61-,62+,63+,64-,65+,66-,71-,72-,73-,74+,75+,76+,77-,78+,79+,80+,81+/m0/s1. The fraction of sp³-hybridized carbons (Fsp3) is 0.679. The van der Waals surface area contributed by atoms with Crippen LogP contribution in [0, 0.1) is 80.8 Å². The van der Waals surface area contributed by atoms with Gasteiger partial charge in [0.25, 0.3) is 16.8 Å². The quantitative estimate of drug-likeness (QED) is 0.0552. The number of hydrogen-bond acceptors (Lipinski definition) is 17. The molecule has 598 valence electrons. The molecule has 0 unspecified atom stereocenters. The van der Waals surface area contributed by atoms with Crippen molar-refractivity contribution in [3.63, 3.8) is 0 Å². The molecule has 4 aromatic rings. The van der Waals surface area contributed by atoms with Crippen molar-refractivity contribution in [3.8, 4) is 0 Å². The Kier molecular flexibility index (Phi) is 18.0. The summed E-state index contributed by atoms with van der Waals surface area (Å²) in [6, 6.07) is 19.7. The molecule has 16 rings (SSSR count). The highest BCUT2D eigenvalue weighted by Gasteiger charge is 2.80. The molecule has 110 heavy (non-hydrogen) atoms. The fourth-order valence-electron chi connectivity index (χ4n) is 25.2. The Hall–Kier alpha value is -6.10. The third-order valence-corrected chi connectivity index (χ3v) is 31.0. The van der Waals surface area contributed by atoms with Gasteiger partial charge in [0.2, 0.25) is 0 Å². The Balaban J connectivity index is 0.725. The Morgan fingerprint density at radius 2 is 1.07 bits per heavy atom. The molecule has 0 radical (unpaired) electrons. The number of carbonyl (C=O) groups is 3. The maximum Gasteiger partial charge on any atom is 0.432 e. The molecule has 5 heterocycles. The molecule has 5 saturated carbocycles. The smallest absolute Gasteiger partial charge is 0.432 e. The Labute approximate surface area is 634 Å². The summed E-state index contributed by atoms with van der Waals surface area (Å²) in [4.78, 5) is 55.3. The summed E-state index contributed by atoms with van der Waals surface area (Å²) < 4.78 is 203. The second-order valence-corrected chi connectivity index (χ2v) is 36.2. The molecule has 17 nitrogen and oxygen atoms in total. The molecule has 4 saturated heterocycles. The first kappa shape index (κ1) is 77.8. The zero-order chi connectivity index (χ0) is 78.9. The SMILES string of the molecule is CO[C@@](C(=O)OC[C@]1(C)CC[C@]2(O[C@H]3C=C4[C@@H]5[C@@H](OC(=O)[C@](OC)(c6ccccc6)C(F)(F)F)C[C@H]6Cc7nc8c(nc7C[C@]6(C)[C@H]5C[C@@H](O)[C@]4(C)[C@@]3(O)[C@@H]2C)C[C@@H]2CC[C@H]3[C@H]4C[C@@H]5O[C@@]6(CCC(C)(C)O6)[C@@H](C)[C@@H]5[C@@]4(C)[C@H](OC(=O)[C@](OC)(c4ccccc4)C(F)(F)F)C[C@@H]3[C@@]2(C)C8)O1)(c1ccccc1)C(F)(F)F. The van der Waals surface area contributed by atoms with Gasteiger partial charge in [-0.15, -0.1) is 0 Å². The highest BCUT2D eigenvalue weighted by Crippen LogP contribution is 2.75. The van der Waals surface area contributed by atoms with E-state index in [-0.39, 0.29) is 86.6 Å². The van der Waals surface area contributed by atoms with Crippen molar-refractivity contribution in [3.05, 3.63) is 142 Å². The van der Waals surface area contributed by atoms with Crippen LogP contribution in [0.2, 0.25) is 0 Å². The van der Waals surface area contributed by atoms with Gasteiger partial charge in [-0.25, -0.2) is 14.4 Å². The van der Waals surface area contributed by atoms with Gasteiger partial charge < -0.3 is 57.6 Å². The van der Waals surface area contributed by atoms with Crippen LogP contribution < -0.4 is 0 Å². The monoisotopic (exact) mass is 1550 g/mol. The summed E-state index contributed by atoms with van der Waals surface area (Å²) in [5, 5.41) is 27.0. The first-order valence-corrected chi connectivity index (χ1v) is 38.9. The van der Waals surface area contributed by atoms with Gasteiger partial charge in [0, 0.05) is 85.4 Å². The van der Waals surface area contributed by atoms with E-state index in [0.717, 1.165) is 76.2 Å². The number of aromatic nitrogens is 2. The van der Waals surface area contributed by atoms with Gasteiger partial charge in [-0.05, 0) is 144 Å². The fourth-order valence-corrected chi connectivity index (χ4v) is 25.2. The maximum absolute atomic E-state index is 16.0. The minimum absolute atomic E-state index is 0.0124. The molecular weight excluding hydrogens is 1450 g/mol. The first-order valence-electron chi connectivity index (χ1n) is 38.9. The Morgan fingerprint density at radius 3 is 1.59 bits per heavy atom. The van der Waals surface area contributed by atoms with Crippen LogP contribution in [-0.4, -0.2) is 143 Å². The molecule has 8 aliphatic carbocycles. The second kappa shape index (κ2) is 25.4. The molecular formula is C84H99F9N2O15. The number of carbonyl (C=O) groups excluding carboxylic acids is 3. The predicted molar refractivity (Wildman–Crippen MR) is 375 cm³/mol. The van der Waals surface area contributed by atoms with E-state index in [2.05, 4.69) is 27.7 Å². The lowest BCUT2D eigenvalue weighted by atomic mass is 9.43. The van der Waals surface area contributed by atoms with Gasteiger partial charge in [0.05, 0.1) is 40.6 Å². The van der Waals surface area contributed by atoms with Crippen molar-refractivity contribution < 1.29 is 111 Å². The van der Waals surface area contributed by atoms with Crippen LogP contribution in [0.15, 0.2) is 103 Å². The van der Waals surface area contributed by atoms with Crippen LogP contribution in [0.3, 0.4) is 0 Å². The number of hydrogen-bond donors (Lipinski definition) is 2. The molecule has 2 N–H and O–H groups in total. The lowest BCUT2D eigenvalue weighted by Crippen LogP contribution is -2.66. The van der Waals surface area contributed by atoms with E-state index in [1.54, 1.807) is 32.9 Å². The van der Waals surface area contributed by atoms with Gasteiger partial charge in [0.1, 0.15) is 36.1 Å². The highest BCUT2D eigenvalue weighted by atomic mass is 19.4. The molecule has 12 aliphatic rings. The van der Waals surface area contributed by atoms with Crippen LogP contribution in [0.1, 0.15) is 166 Å². The van der Waals surface area contributed by atoms with E-state index in [4.69, 9.17) is 57.3 Å². The Bertz CT molecular complexity index is 4330. The largest absolute Gasteiger partial charge is 0.460 e. The zero-order valence-corrected chi connectivity index (χ0v) is 64.0. The molecule has 3 aromatic carbocycles. The normalized spacial score (nSPS) is 42.1. The van der Waals surface area contributed by atoms with E-state index in [0.29, 0.717) is 42.6 Å². The lowest BCUT2D eigenvalue weighted by molar-refractivity contribution is -0.285. The Morgan fingerprint density at radius 1 is 0.564 bits per heavy atom. The number of esters is 3. The van der Waals surface area contributed by atoms with E-state index < -0.39 is 175 Å². The number of benzene rings is 3. The summed E-state index contributed by atoms with van der Waals surface area (Å²) >= 11 is 0. The topological polar surface area (TPSA) is 210 Å². The summed E-state index contributed by atoms with van der Waals surface area (Å²) in [7, 11) is 2.43. The molecule has 26 heteroatoms. The molecule has 2 spiro atoms. The van der Waals surface area contributed by atoms with Gasteiger partial charge in [-0.2, -0.15) is 39.5 Å². The summed E-state index contributed by atoms with van der Waals surface area (Å²) in [6.07, 6.45) is -14.3. The molecule has 1 aromatic heterocycles. The zero-order valence-electron chi connectivity index (χ0n) is 64.0. The van der Waals surface area contributed by atoms with Crippen molar-refractivity contribution in [2.24, 2.45) is 80.8 Å². The third kappa shape index (κ3) is 10.5. The average molecular weight is 1550 g/mol. The van der Waals surface area contributed by atoms with Gasteiger partial charge in [-0.1, -0.05) is 144 Å². The lowest BCUT2D eigenvalue weighted by Gasteiger charge is -2.63. The van der Waals surface area contributed by atoms with E-state index >= 15 is 49.1 Å². The number of aliphatic hydroxyl groups excluding tert-OH is 1. The average Bonchev–Trinajstić information content (AvgIpc) is 1.54. The molecule has 0 bridgehead atoms. The predicted octanol–water partition coefficient (Wildman–Crippen LogP) is 14.4. The minimum Gasteiger partial charge on any atom is -0.460 e. The number of rotatable bonds is 13. The number of fused-ring (bicyclic) bond motifs is 16. The van der Waals surface area contributed by atoms with Crippen molar-refractivity contribution in [2.75, 3.05) is 27.9 Å². The number of alkyl halides is 9. The van der Waals surface area contributed by atoms with Crippen LogP contribution in [-0.2, 0) is 104 Å². The molecule has 0 amide bonds. The summed E-state index contributed by atoms with van der Waals surface area (Å²) in [6.45, 7) is 16.8. The number of halogens is 9. The number of ether oxygens (including phenoxy) is 10. The van der Waals surface area contributed by atoms with Crippen molar-refractivity contribution >= 4 is 17.9 Å². The highest BCUT2D eigenvalue weighted by molar-refractivity contribution is 5.84.